The summed E-state index contributed by atoms with van der Waals surface area (Å²) in [6.07, 6.45) is 13.6. The van der Waals surface area contributed by atoms with Crippen LogP contribution in [0, 0.1) is 5.92 Å². The van der Waals surface area contributed by atoms with Gasteiger partial charge >= 0.3 is 0 Å². The number of hydrogen-bond acceptors (Lipinski definition) is 2. The lowest BCUT2D eigenvalue weighted by Crippen LogP contribution is -2.49. The summed E-state index contributed by atoms with van der Waals surface area (Å²) >= 11 is 0. The average molecular weight is 708 g/mol. The molecular formula is C47H57N3OSi+2. The van der Waals surface area contributed by atoms with Crippen molar-refractivity contribution in [3.8, 4) is 11.3 Å². The third kappa shape index (κ3) is 6.33. The maximum Gasteiger partial charge on any atom is 0.227 e. The van der Waals surface area contributed by atoms with Crippen molar-refractivity contribution in [2.24, 2.45) is 5.92 Å². The zero-order valence-corrected chi connectivity index (χ0v) is 33.3. The van der Waals surface area contributed by atoms with Gasteiger partial charge in [-0.2, -0.15) is 4.57 Å². The third-order valence-corrected chi connectivity index (χ3v) is 14.2. The summed E-state index contributed by atoms with van der Waals surface area (Å²) in [7, 11) is -1.36. The summed E-state index contributed by atoms with van der Waals surface area (Å²) in [6, 6.07) is 24.9. The molecule has 3 aromatic heterocycles. The Labute approximate surface area is 312 Å². The van der Waals surface area contributed by atoms with Gasteiger partial charge in [-0.3, -0.25) is 0 Å². The number of furan rings is 1. The molecule has 0 amide bonds. The van der Waals surface area contributed by atoms with E-state index in [1.807, 2.05) is 0 Å². The van der Waals surface area contributed by atoms with Crippen molar-refractivity contribution in [2.45, 2.75) is 122 Å². The molecule has 268 valence electrons. The molecule has 4 nitrogen and oxygen atoms in total. The van der Waals surface area contributed by atoms with Crippen LogP contribution in [-0.4, -0.2) is 35.4 Å². The van der Waals surface area contributed by atoms with Gasteiger partial charge in [-0.1, -0.05) is 96.1 Å². The van der Waals surface area contributed by atoms with Crippen LogP contribution in [0.15, 0.2) is 90.5 Å². The van der Waals surface area contributed by atoms with Gasteiger partial charge in [0.25, 0.3) is 0 Å². The average Bonchev–Trinajstić information content (AvgIpc) is 3.76. The smallest absolute Gasteiger partial charge is 0.227 e. The highest BCUT2D eigenvalue weighted by atomic mass is 28.3. The second-order valence-electron chi connectivity index (χ2n) is 17.6. The molecule has 1 aliphatic carbocycles. The first-order valence-corrected chi connectivity index (χ1v) is 23.7. The van der Waals surface area contributed by atoms with Crippen LogP contribution in [0.3, 0.4) is 0 Å². The van der Waals surface area contributed by atoms with E-state index in [-0.39, 0.29) is 6.04 Å². The van der Waals surface area contributed by atoms with Gasteiger partial charge in [0.1, 0.15) is 6.04 Å². The lowest BCUT2D eigenvalue weighted by molar-refractivity contribution is -0.610. The minimum absolute atomic E-state index is 0.269. The predicted molar refractivity (Wildman–Crippen MR) is 220 cm³/mol. The molecule has 2 aromatic carbocycles. The number of aromatic nitrogens is 2. The Hall–Kier alpha value is -4.09. The van der Waals surface area contributed by atoms with Crippen LogP contribution in [0.1, 0.15) is 99.1 Å². The molecule has 5 heterocycles. The predicted octanol–water partition coefficient (Wildman–Crippen LogP) is 11.5. The largest absolute Gasteiger partial charge is 0.437 e. The number of pyridine rings is 2. The number of rotatable bonds is 7. The molecule has 1 fully saturated rings. The molecule has 3 atom stereocenters. The topological polar surface area (TPSA) is 32.9 Å². The highest BCUT2D eigenvalue weighted by Gasteiger charge is 2.45. The molecule has 8 rings (SSSR count). The number of allylic oxidation sites excluding steroid dienone is 1. The summed E-state index contributed by atoms with van der Waals surface area (Å²) in [5.41, 5.74) is 13.1. The monoisotopic (exact) mass is 707 g/mol. The van der Waals surface area contributed by atoms with E-state index in [9.17, 15) is 0 Å². The van der Waals surface area contributed by atoms with Crippen LogP contribution in [-0.2, 0) is 12.8 Å². The zero-order chi connectivity index (χ0) is 36.3. The van der Waals surface area contributed by atoms with E-state index in [0.717, 1.165) is 65.1 Å². The molecule has 52 heavy (non-hydrogen) atoms. The minimum atomic E-state index is -1.36. The lowest BCUT2D eigenvalue weighted by Gasteiger charge is -2.36. The molecule has 0 radical (unpaired) electrons. The summed E-state index contributed by atoms with van der Waals surface area (Å²) in [5, 5.41) is 2.26. The second-order valence-corrected chi connectivity index (χ2v) is 23.2. The molecule has 0 bridgehead atoms. The fourth-order valence-electron chi connectivity index (χ4n) is 10.0. The Morgan fingerprint density at radius 3 is 2.48 bits per heavy atom. The van der Waals surface area contributed by atoms with Crippen LogP contribution < -0.4 is 4.57 Å². The van der Waals surface area contributed by atoms with Gasteiger partial charge in [-0.05, 0) is 79.5 Å². The standard InChI is InChI=1S/C47H57N3OSi/c1-9-42-38-17-13-12-16-37(38)39-21-18-34-19-22-40-41-23-20-36(27-33-14-10-11-15-33)48-47(41)51-46(40)45(34)44-28-35(30(2)3)24-25-49(44)31(4)26-43(39)50(42)32(5)29-52(6,7)8/h9,12-13,16-17,19-20,22-25,28,30,32-33,39,43H,1,4,10-11,14-15,18,21,26-27,29H2,2-3,5-8H3/q+2. The van der Waals surface area contributed by atoms with Crippen molar-refractivity contribution in [1.82, 2.24) is 4.98 Å². The van der Waals surface area contributed by atoms with Crippen molar-refractivity contribution in [3.63, 3.8) is 0 Å². The third-order valence-electron chi connectivity index (χ3n) is 12.3. The van der Waals surface area contributed by atoms with Crippen molar-refractivity contribution in [2.75, 3.05) is 0 Å². The van der Waals surface area contributed by atoms with Crippen molar-refractivity contribution >= 4 is 41.6 Å². The molecule has 3 aliphatic rings. The SMILES string of the molecule is C=CC1=[N+](C(C)C[Si](C)(C)C)C2CC(=C)[n+]3ccc(C(C)C)cc3-c3c(ccc4c3oc3nc(CC5CCCC5)ccc34)CCC2c2ccccc21. The molecule has 5 heteroatoms. The van der Waals surface area contributed by atoms with Crippen LogP contribution in [0.4, 0.5) is 0 Å². The Morgan fingerprint density at radius 1 is 0.962 bits per heavy atom. The highest BCUT2D eigenvalue weighted by molar-refractivity contribution is 6.76. The van der Waals surface area contributed by atoms with E-state index < -0.39 is 8.07 Å². The summed E-state index contributed by atoms with van der Waals surface area (Å²) < 4.78 is 12.1. The number of hydrogen-bond donors (Lipinski definition) is 0. The van der Waals surface area contributed by atoms with Crippen LogP contribution in [0.2, 0.25) is 25.7 Å². The summed E-state index contributed by atoms with van der Waals surface area (Å²) in [5.74, 6) is 1.49. The maximum atomic E-state index is 6.93. The maximum absolute atomic E-state index is 6.93. The number of fused-ring (bicyclic) bond motifs is 10. The molecule has 0 N–H and O–H groups in total. The molecule has 3 unspecified atom stereocenters. The van der Waals surface area contributed by atoms with Crippen LogP contribution in [0.5, 0.6) is 0 Å². The first-order chi connectivity index (χ1) is 25.0. The van der Waals surface area contributed by atoms with Gasteiger partial charge in [0.2, 0.25) is 17.1 Å². The van der Waals surface area contributed by atoms with Crippen molar-refractivity contribution in [1.29, 1.82) is 0 Å². The van der Waals surface area contributed by atoms with E-state index in [1.54, 1.807) is 0 Å². The Morgan fingerprint density at radius 2 is 1.73 bits per heavy atom. The summed E-state index contributed by atoms with van der Waals surface area (Å²) in [6.45, 7) is 23.8. The molecule has 5 aromatic rings. The molecular weight excluding hydrogens is 651 g/mol. The van der Waals surface area contributed by atoms with E-state index in [1.165, 1.54) is 71.0 Å². The van der Waals surface area contributed by atoms with Gasteiger partial charge in [-0.25, -0.2) is 9.56 Å². The van der Waals surface area contributed by atoms with Crippen LogP contribution >= 0.6 is 0 Å². The van der Waals surface area contributed by atoms with Gasteiger partial charge in [0, 0.05) is 52.2 Å². The molecule has 2 aliphatic heterocycles. The summed E-state index contributed by atoms with van der Waals surface area (Å²) in [4.78, 5) is 5.16. The van der Waals surface area contributed by atoms with E-state index >= 15 is 0 Å². The van der Waals surface area contributed by atoms with E-state index in [4.69, 9.17) is 16.0 Å². The Kier molecular flexibility index (Phi) is 9.22. The first-order valence-electron chi connectivity index (χ1n) is 20.0. The first kappa shape index (κ1) is 35.0. The highest BCUT2D eigenvalue weighted by Crippen LogP contribution is 2.43. The van der Waals surface area contributed by atoms with E-state index in [2.05, 4.69) is 129 Å². The van der Waals surface area contributed by atoms with Crippen LogP contribution in [0.25, 0.3) is 39.0 Å². The number of benzene rings is 2. The molecule has 0 spiro atoms. The molecule has 1 saturated carbocycles. The van der Waals surface area contributed by atoms with Crippen molar-refractivity contribution in [3.05, 3.63) is 114 Å². The van der Waals surface area contributed by atoms with Gasteiger partial charge in [0.15, 0.2) is 23.5 Å². The van der Waals surface area contributed by atoms with Gasteiger partial charge < -0.3 is 4.42 Å². The Balaban J connectivity index is 1.32. The quantitative estimate of drug-likeness (QED) is 0.125. The number of aryl methyl sites for hydroxylation is 1. The van der Waals surface area contributed by atoms with E-state index in [0.29, 0.717) is 17.9 Å². The normalized spacial score (nSPS) is 20.2. The fraction of sp³-hybridized carbons (Fsp3) is 0.426. The Bertz CT molecular complexity index is 2230. The molecule has 0 saturated heterocycles. The number of nitrogens with zero attached hydrogens (tertiary/aromatic N) is 3. The zero-order valence-electron chi connectivity index (χ0n) is 32.3. The minimum Gasteiger partial charge on any atom is -0.437 e. The van der Waals surface area contributed by atoms with Gasteiger partial charge in [-0.15, -0.1) is 0 Å². The second kappa shape index (κ2) is 13.7. The fourth-order valence-corrected chi connectivity index (χ4v) is 12.0. The van der Waals surface area contributed by atoms with Crippen molar-refractivity contribution < 1.29 is 13.6 Å². The van der Waals surface area contributed by atoms with Gasteiger partial charge in [0.05, 0.1) is 20.1 Å². The lowest BCUT2D eigenvalue weighted by atomic mass is 9.76.